The maximum Gasteiger partial charge on any atom is 0.147 e. The summed E-state index contributed by atoms with van der Waals surface area (Å²) in [6.45, 7) is 5.42. The highest BCUT2D eigenvalue weighted by Gasteiger charge is 2.20. The Labute approximate surface area is 113 Å². The van der Waals surface area contributed by atoms with Gasteiger partial charge in [0.2, 0.25) is 0 Å². The molecule has 1 saturated carbocycles. The van der Waals surface area contributed by atoms with Crippen molar-refractivity contribution in [1.82, 2.24) is 25.1 Å². The molecule has 1 N–H and O–H groups in total. The van der Waals surface area contributed by atoms with Crippen LogP contribution in [0.15, 0.2) is 18.2 Å². The molecule has 0 unspecified atom stereocenters. The molecule has 0 radical (unpaired) electrons. The predicted molar refractivity (Wildman–Crippen MR) is 72.7 cm³/mol. The number of hydrogen-bond acceptors (Lipinski definition) is 4. The van der Waals surface area contributed by atoms with Gasteiger partial charge >= 0.3 is 0 Å². The van der Waals surface area contributed by atoms with E-state index < -0.39 is 0 Å². The first-order valence-corrected chi connectivity index (χ1v) is 6.77. The average Bonchev–Trinajstić information content (AvgIpc) is 3.15. The monoisotopic (exact) mass is 257 g/mol. The van der Waals surface area contributed by atoms with Gasteiger partial charge in [0, 0.05) is 12.6 Å². The van der Waals surface area contributed by atoms with Gasteiger partial charge in [-0.3, -0.25) is 4.98 Å². The van der Waals surface area contributed by atoms with Gasteiger partial charge in [0.15, 0.2) is 0 Å². The van der Waals surface area contributed by atoms with Gasteiger partial charge in [-0.15, -0.1) is 0 Å². The van der Waals surface area contributed by atoms with E-state index in [9.17, 15) is 0 Å². The van der Waals surface area contributed by atoms with Crippen LogP contribution in [0.5, 0.6) is 0 Å². The highest BCUT2D eigenvalue weighted by Crippen LogP contribution is 2.19. The first-order valence-electron chi connectivity index (χ1n) is 6.77. The average molecular weight is 257 g/mol. The largest absolute Gasteiger partial charge is 0.308 e. The Kier molecular flexibility index (Phi) is 3.29. The Morgan fingerprint density at radius 2 is 2.00 bits per heavy atom. The minimum atomic E-state index is 0.684. The van der Waals surface area contributed by atoms with Crippen LogP contribution in [0.4, 0.5) is 0 Å². The smallest absolute Gasteiger partial charge is 0.147 e. The molecule has 3 rings (SSSR count). The predicted octanol–water partition coefficient (Wildman–Crippen LogP) is 1.59. The third kappa shape index (κ3) is 3.17. The molecule has 1 fully saturated rings. The molecule has 0 amide bonds. The van der Waals surface area contributed by atoms with Crippen LogP contribution in [0.25, 0.3) is 0 Å². The molecule has 5 nitrogen and oxygen atoms in total. The lowest BCUT2D eigenvalue weighted by atomic mass is 10.3. The molecule has 0 aromatic carbocycles. The van der Waals surface area contributed by atoms with Crippen LogP contribution in [-0.2, 0) is 13.1 Å². The van der Waals surface area contributed by atoms with Crippen molar-refractivity contribution in [1.29, 1.82) is 0 Å². The molecule has 1 aliphatic rings. The van der Waals surface area contributed by atoms with Crippen LogP contribution in [0.3, 0.4) is 0 Å². The zero-order valence-electron chi connectivity index (χ0n) is 11.4. The molecule has 100 valence electrons. The maximum atomic E-state index is 4.67. The molecule has 0 atom stereocenters. The van der Waals surface area contributed by atoms with Crippen molar-refractivity contribution in [2.24, 2.45) is 0 Å². The second-order valence-electron chi connectivity index (χ2n) is 5.14. The van der Waals surface area contributed by atoms with Crippen LogP contribution in [-0.4, -0.2) is 25.8 Å². The summed E-state index contributed by atoms with van der Waals surface area (Å²) in [4.78, 5) is 8.98. The molecule has 5 heteroatoms. The van der Waals surface area contributed by atoms with Gasteiger partial charge in [-0.2, -0.15) is 5.10 Å². The number of aromatic nitrogens is 4. The third-order valence-corrected chi connectivity index (χ3v) is 3.29. The summed E-state index contributed by atoms with van der Waals surface area (Å²) in [7, 11) is 0. The minimum Gasteiger partial charge on any atom is -0.308 e. The van der Waals surface area contributed by atoms with E-state index in [1.54, 1.807) is 0 Å². The van der Waals surface area contributed by atoms with Gasteiger partial charge in [0.1, 0.15) is 11.6 Å². The fourth-order valence-electron chi connectivity index (χ4n) is 2.12. The SMILES string of the molecule is Cc1nc(C)n(Cc2cccc(CNC3CC3)n2)n1. The van der Waals surface area contributed by atoms with E-state index in [0.717, 1.165) is 29.6 Å². The first-order chi connectivity index (χ1) is 9.20. The summed E-state index contributed by atoms with van der Waals surface area (Å²) >= 11 is 0. The summed E-state index contributed by atoms with van der Waals surface area (Å²) in [5, 5.41) is 7.85. The normalized spacial score (nSPS) is 14.8. The summed E-state index contributed by atoms with van der Waals surface area (Å²) in [5.41, 5.74) is 2.13. The zero-order valence-corrected chi connectivity index (χ0v) is 11.4. The second kappa shape index (κ2) is 5.09. The Bertz CT molecular complexity index is 571. The number of aryl methyl sites for hydroxylation is 2. The van der Waals surface area contributed by atoms with Crippen molar-refractivity contribution < 1.29 is 0 Å². The number of rotatable bonds is 5. The minimum absolute atomic E-state index is 0.684. The summed E-state index contributed by atoms with van der Waals surface area (Å²) < 4.78 is 1.90. The Morgan fingerprint density at radius 3 is 2.68 bits per heavy atom. The molecule has 2 aromatic rings. The van der Waals surface area contributed by atoms with Crippen molar-refractivity contribution in [2.45, 2.75) is 45.8 Å². The molecule has 2 heterocycles. The van der Waals surface area contributed by atoms with E-state index in [2.05, 4.69) is 32.5 Å². The van der Waals surface area contributed by atoms with Gasteiger partial charge in [-0.05, 0) is 38.8 Å². The quantitative estimate of drug-likeness (QED) is 0.883. The lowest BCUT2D eigenvalue weighted by molar-refractivity contribution is 0.631. The molecule has 0 saturated heterocycles. The van der Waals surface area contributed by atoms with Gasteiger partial charge in [-0.25, -0.2) is 9.67 Å². The fraction of sp³-hybridized carbons (Fsp3) is 0.500. The highest BCUT2D eigenvalue weighted by molar-refractivity contribution is 5.12. The highest BCUT2D eigenvalue weighted by atomic mass is 15.3. The maximum absolute atomic E-state index is 4.67. The first kappa shape index (κ1) is 12.3. The van der Waals surface area contributed by atoms with E-state index in [4.69, 9.17) is 0 Å². The van der Waals surface area contributed by atoms with E-state index in [0.29, 0.717) is 12.6 Å². The second-order valence-corrected chi connectivity index (χ2v) is 5.14. The van der Waals surface area contributed by atoms with Crippen LogP contribution in [0, 0.1) is 13.8 Å². The van der Waals surface area contributed by atoms with Crippen molar-refractivity contribution in [3.8, 4) is 0 Å². The zero-order chi connectivity index (χ0) is 13.2. The fourth-order valence-corrected chi connectivity index (χ4v) is 2.12. The molecule has 19 heavy (non-hydrogen) atoms. The summed E-state index contributed by atoms with van der Waals surface area (Å²) in [6, 6.07) is 6.88. The van der Waals surface area contributed by atoms with Gasteiger partial charge < -0.3 is 5.32 Å². The lowest BCUT2D eigenvalue weighted by Crippen LogP contribution is -2.17. The molecular formula is C14H19N5. The van der Waals surface area contributed by atoms with Gasteiger partial charge in [0.05, 0.1) is 17.9 Å². The summed E-state index contributed by atoms with van der Waals surface area (Å²) in [6.07, 6.45) is 2.61. The number of pyridine rings is 1. The molecule has 0 aliphatic heterocycles. The molecule has 2 aromatic heterocycles. The standard InChI is InChI=1S/C14H19N5/c1-10-16-11(2)19(18-10)9-14-5-3-4-13(17-14)8-15-12-6-7-12/h3-5,12,15H,6-9H2,1-2H3. The Balaban J connectivity index is 1.69. The van der Waals surface area contributed by atoms with E-state index in [1.807, 2.05) is 24.6 Å². The van der Waals surface area contributed by atoms with Crippen LogP contribution >= 0.6 is 0 Å². The number of hydrogen-bond donors (Lipinski definition) is 1. The van der Waals surface area contributed by atoms with Crippen LogP contribution in [0.1, 0.15) is 35.9 Å². The lowest BCUT2D eigenvalue weighted by Gasteiger charge is -2.06. The Morgan fingerprint density at radius 1 is 1.21 bits per heavy atom. The van der Waals surface area contributed by atoms with Gasteiger partial charge in [0.25, 0.3) is 0 Å². The van der Waals surface area contributed by atoms with Crippen molar-refractivity contribution in [3.05, 3.63) is 41.2 Å². The van der Waals surface area contributed by atoms with Crippen molar-refractivity contribution in [3.63, 3.8) is 0 Å². The topological polar surface area (TPSA) is 55.6 Å². The Hall–Kier alpha value is -1.75. The molecule has 0 bridgehead atoms. The number of nitrogens with zero attached hydrogens (tertiary/aromatic N) is 4. The number of nitrogens with one attached hydrogen (secondary N) is 1. The summed E-state index contributed by atoms with van der Waals surface area (Å²) in [5.74, 6) is 1.74. The van der Waals surface area contributed by atoms with Crippen LogP contribution in [0.2, 0.25) is 0 Å². The molecule has 0 spiro atoms. The van der Waals surface area contributed by atoms with E-state index in [1.165, 1.54) is 12.8 Å². The van der Waals surface area contributed by atoms with Crippen LogP contribution < -0.4 is 5.32 Å². The van der Waals surface area contributed by atoms with E-state index >= 15 is 0 Å². The van der Waals surface area contributed by atoms with Crippen molar-refractivity contribution >= 4 is 0 Å². The molecule has 1 aliphatic carbocycles. The third-order valence-electron chi connectivity index (χ3n) is 3.29. The van der Waals surface area contributed by atoms with Crippen molar-refractivity contribution in [2.75, 3.05) is 0 Å². The molecular weight excluding hydrogens is 238 g/mol. The van der Waals surface area contributed by atoms with E-state index in [-0.39, 0.29) is 0 Å². The van der Waals surface area contributed by atoms with Gasteiger partial charge in [-0.1, -0.05) is 6.07 Å².